The molecule has 0 unspecified atom stereocenters. The van der Waals surface area contributed by atoms with Gasteiger partial charge in [-0.2, -0.15) is 5.10 Å². The van der Waals surface area contributed by atoms with E-state index in [1.807, 2.05) is 19.1 Å². The summed E-state index contributed by atoms with van der Waals surface area (Å²) >= 11 is 0. The Balaban J connectivity index is 2.31. The second-order valence-electron chi connectivity index (χ2n) is 4.21. The van der Waals surface area contributed by atoms with Crippen molar-refractivity contribution in [3.63, 3.8) is 0 Å². The largest absolute Gasteiger partial charge is 0.395 e. The summed E-state index contributed by atoms with van der Waals surface area (Å²) in [7, 11) is 1.65. The van der Waals surface area contributed by atoms with Crippen LogP contribution in [-0.4, -0.2) is 50.9 Å². The van der Waals surface area contributed by atoms with Crippen LogP contribution in [0.2, 0.25) is 0 Å². The zero-order chi connectivity index (χ0) is 13.8. The fourth-order valence-electron chi connectivity index (χ4n) is 1.82. The van der Waals surface area contributed by atoms with Gasteiger partial charge in [0.25, 0.3) is 5.91 Å². The SMILES string of the molecule is Cc1c(C(=O)N(C)CCO)cnn1-c1ccncc1. The number of amides is 1. The van der Waals surface area contributed by atoms with Crippen molar-refractivity contribution in [1.82, 2.24) is 19.7 Å². The minimum absolute atomic E-state index is 0.0558. The second kappa shape index (κ2) is 5.62. The molecule has 0 aliphatic carbocycles. The molecule has 0 saturated carbocycles. The van der Waals surface area contributed by atoms with E-state index in [-0.39, 0.29) is 12.5 Å². The van der Waals surface area contributed by atoms with Crippen LogP contribution in [0.15, 0.2) is 30.7 Å². The molecule has 2 heterocycles. The summed E-state index contributed by atoms with van der Waals surface area (Å²) in [6.07, 6.45) is 4.90. The summed E-state index contributed by atoms with van der Waals surface area (Å²) in [4.78, 5) is 17.6. The van der Waals surface area contributed by atoms with Gasteiger partial charge in [0.15, 0.2) is 0 Å². The second-order valence-corrected chi connectivity index (χ2v) is 4.21. The summed E-state index contributed by atoms with van der Waals surface area (Å²) in [6.45, 7) is 2.09. The van der Waals surface area contributed by atoms with Gasteiger partial charge in [-0.15, -0.1) is 0 Å². The van der Waals surface area contributed by atoms with E-state index in [2.05, 4.69) is 10.1 Å². The number of aliphatic hydroxyl groups is 1. The highest BCUT2D eigenvalue weighted by Crippen LogP contribution is 2.14. The summed E-state index contributed by atoms with van der Waals surface area (Å²) in [5, 5.41) is 13.1. The van der Waals surface area contributed by atoms with Crippen LogP contribution in [0.5, 0.6) is 0 Å². The molecular weight excluding hydrogens is 244 g/mol. The lowest BCUT2D eigenvalue weighted by Crippen LogP contribution is -2.29. The van der Waals surface area contributed by atoms with Crippen molar-refractivity contribution in [1.29, 1.82) is 0 Å². The van der Waals surface area contributed by atoms with E-state index in [4.69, 9.17) is 5.11 Å². The molecule has 19 heavy (non-hydrogen) atoms. The zero-order valence-electron chi connectivity index (χ0n) is 10.9. The Kier molecular flexibility index (Phi) is 3.91. The zero-order valence-corrected chi connectivity index (χ0v) is 10.9. The van der Waals surface area contributed by atoms with E-state index in [1.165, 1.54) is 4.90 Å². The highest BCUT2D eigenvalue weighted by Gasteiger charge is 2.18. The molecule has 1 amide bonds. The Hall–Kier alpha value is -2.21. The number of carbonyl (C=O) groups excluding carboxylic acids is 1. The predicted molar refractivity (Wildman–Crippen MR) is 70.1 cm³/mol. The number of likely N-dealkylation sites (N-methyl/N-ethyl adjacent to an activating group) is 1. The van der Waals surface area contributed by atoms with Gasteiger partial charge in [0.2, 0.25) is 0 Å². The highest BCUT2D eigenvalue weighted by atomic mass is 16.3. The average molecular weight is 260 g/mol. The molecule has 0 saturated heterocycles. The number of pyridine rings is 1. The maximum absolute atomic E-state index is 12.1. The molecule has 6 heteroatoms. The molecule has 100 valence electrons. The van der Waals surface area contributed by atoms with Crippen molar-refractivity contribution in [3.05, 3.63) is 42.0 Å². The van der Waals surface area contributed by atoms with Crippen molar-refractivity contribution in [2.45, 2.75) is 6.92 Å². The maximum Gasteiger partial charge on any atom is 0.257 e. The van der Waals surface area contributed by atoms with Gasteiger partial charge in [-0.3, -0.25) is 9.78 Å². The molecular formula is C13H16N4O2. The van der Waals surface area contributed by atoms with Crippen molar-refractivity contribution < 1.29 is 9.90 Å². The van der Waals surface area contributed by atoms with E-state index in [9.17, 15) is 4.79 Å². The quantitative estimate of drug-likeness (QED) is 0.875. The first kappa shape index (κ1) is 13.2. The molecule has 0 bridgehead atoms. The fourth-order valence-corrected chi connectivity index (χ4v) is 1.82. The van der Waals surface area contributed by atoms with Crippen LogP contribution >= 0.6 is 0 Å². The van der Waals surface area contributed by atoms with Gasteiger partial charge in [0.1, 0.15) is 0 Å². The van der Waals surface area contributed by atoms with Crippen molar-refractivity contribution in [3.8, 4) is 5.69 Å². The third-order valence-corrected chi connectivity index (χ3v) is 2.93. The minimum Gasteiger partial charge on any atom is -0.395 e. The van der Waals surface area contributed by atoms with Gasteiger partial charge in [0.05, 0.1) is 29.7 Å². The standard InChI is InChI=1S/C13H16N4O2/c1-10-12(13(19)16(2)7-8-18)9-15-17(10)11-3-5-14-6-4-11/h3-6,9,18H,7-8H2,1-2H3. The molecule has 0 aliphatic rings. The number of nitrogens with zero attached hydrogens (tertiary/aromatic N) is 4. The molecule has 0 aliphatic heterocycles. The number of rotatable bonds is 4. The summed E-state index contributed by atoms with van der Waals surface area (Å²) in [5.41, 5.74) is 2.16. The summed E-state index contributed by atoms with van der Waals surface area (Å²) in [6, 6.07) is 3.65. The first-order valence-corrected chi connectivity index (χ1v) is 5.96. The lowest BCUT2D eigenvalue weighted by Gasteiger charge is -2.15. The van der Waals surface area contributed by atoms with Crippen LogP contribution < -0.4 is 0 Å². The van der Waals surface area contributed by atoms with E-state index in [1.54, 1.807) is 30.3 Å². The van der Waals surface area contributed by atoms with Gasteiger partial charge in [-0.25, -0.2) is 4.68 Å². The molecule has 0 radical (unpaired) electrons. The molecule has 2 rings (SSSR count). The van der Waals surface area contributed by atoms with Crippen LogP contribution in [-0.2, 0) is 0 Å². The van der Waals surface area contributed by atoms with Gasteiger partial charge < -0.3 is 10.0 Å². The van der Waals surface area contributed by atoms with E-state index < -0.39 is 0 Å². The molecule has 6 nitrogen and oxygen atoms in total. The Morgan fingerprint density at radius 1 is 1.42 bits per heavy atom. The van der Waals surface area contributed by atoms with Crippen LogP contribution in [0, 0.1) is 6.92 Å². The van der Waals surface area contributed by atoms with Gasteiger partial charge in [-0.1, -0.05) is 0 Å². The number of aliphatic hydroxyl groups excluding tert-OH is 1. The molecule has 0 spiro atoms. The molecule has 2 aromatic heterocycles. The van der Waals surface area contributed by atoms with E-state index in [0.29, 0.717) is 12.1 Å². The third kappa shape index (κ3) is 2.63. The number of carbonyl (C=O) groups is 1. The Morgan fingerprint density at radius 2 is 2.11 bits per heavy atom. The first-order chi connectivity index (χ1) is 9.15. The van der Waals surface area contributed by atoms with E-state index in [0.717, 1.165) is 11.4 Å². The molecule has 0 atom stereocenters. The maximum atomic E-state index is 12.1. The average Bonchev–Trinajstić information content (AvgIpc) is 2.81. The van der Waals surface area contributed by atoms with Gasteiger partial charge in [-0.05, 0) is 19.1 Å². The number of aromatic nitrogens is 3. The van der Waals surface area contributed by atoms with Crippen LogP contribution in [0.1, 0.15) is 16.1 Å². The monoisotopic (exact) mass is 260 g/mol. The highest BCUT2D eigenvalue weighted by molar-refractivity contribution is 5.95. The molecule has 2 aromatic rings. The lowest BCUT2D eigenvalue weighted by atomic mass is 10.2. The first-order valence-electron chi connectivity index (χ1n) is 5.96. The van der Waals surface area contributed by atoms with E-state index >= 15 is 0 Å². The normalized spacial score (nSPS) is 10.5. The van der Waals surface area contributed by atoms with Crippen LogP contribution in [0.4, 0.5) is 0 Å². The molecule has 1 N–H and O–H groups in total. The number of hydrogen-bond donors (Lipinski definition) is 1. The van der Waals surface area contributed by atoms with Crippen molar-refractivity contribution >= 4 is 5.91 Å². The van der Waals surface area contributed by atoms with Crippen LogP contribution in [0.3, 0.4) is 0 Å². The lowest BCUT2D eigenvalue weighted by molar-refractivity contribution is 0.0766. The smallest absolute Gasteiger partial charge is 0.257 e. The van der Waals surface area contributed by atoms with Gasteiger partial charge in [0, 0.05) is 26.0 Å². The Bertz CT molecular complexity index is 565. The topological polar surface area (TPSA) is 71.2 Å². The van der Waals surface area contributed by atoms with Crippen molar-refractivity contribution in [2.75, 3.05) is 20.2 Å². The summed E-state index contributed by atoms with van der Waals surface area (Å²) < 4.78 is 1.70. The predicted octanol–water partition coefficient (Wildman–Crippen LogP) is 0.640. The third-order valence-electron chi connectivity index (χ3n) is 2.93. The molecule has 0 aromatic carbocycles. The Labute approximate surface area is 111 Å². The number of hydrogen-bond acceptors (Lipinski definition) is 4. The van der Waals surface area contributed by atoms with Gasteiger partial charge >= 0.3 is 0 Å². The van der Waals surface area contributed by atoms with Crippen LogP contribution in [0.25, 0.3) is 5.69 Å². The fraction of sp³-hybridized carbons (Fsp3) is 0.308. The Morgan fingerprint density at radius 3 is 2.74 bits per heavy atom. The minimum atomic E-state index is -0.146. The molecule has 0 fully saturated rings. The summed E-state index contributed by atoms with van der Waals surface area (Å²) in [5.74, 6) is -0.146. The van der Waals surface area contributed by atoms with Crippen molar-refractivity contribution in [2.24, 2.45) is 0 Å².